The zero-order valence-electron chi connectivity index (χ0n) is 22.2. The van der Waals surface area contributed by atoms with Crippen LogP contribution in [0.25, 0.3) is 0 Å². The lowest BCUT2D eigenvalue weighted by Gasteiger charge is -2.27. The largest absolute Gasteiger partial charge is 0.480 e. The molecule has 38 heavy (non-hydrogen) atoms. The van der Waals surface area contributed by atoms with Crippen molar-refractivity contribution >= 4 is 35.6 Å². The van der Waals surface area contributed by atoms with E-state index in [-0.39, 0.29) is 56.6 Å². The minimum atomic E-state index is -1.48. The van der Waals surface area contributed by atoms with Crippen molar-refractivity contribution in [1.82, 2.24) is 16.0 Å². The molecule has 3 amide bonds. The number of hydrogen-bond acceptors (Lipinski definition) is 8. The topological polar surface area (TPSA) is 300 Å². The first-order valence-electron chi connectivity index (χ1n) is 12.3. The third-order valence-electron chi connectivity index (χ3n) is 5.27. The molecular weight excluding hydrogens is 500 g/mol. The van der Waals surface area contributed by atoms with Crippen LogP contribution in [-0.4, -0.2) is 89.2 Å². The minimum absolute atomic E-state index is 0.00539. The number of nitrogens with one attached hydrogen (secondary N) is 3. The molecule has 218 valence electrons. The average Bonchev–Trinajstić information content (AvgIpc) is 2.80. The van der Waals surface area contributed by atoms with E-state index >= 15 is 0 Å². The van der Waals surface area contributed by atoms with Gasteiger partial charge in [0.15, 0.2) is 11.9 Å². The third kappa shape index (κ3) is 14.8. The number of nitrogens with zero attached hydrogens (tertiary/aromatic N) is 2. The quantitative estimate of drug-likeness (QED) is 0.0456. The molecule has 0 heterocycles. The van der Waals surface area contributed by atoms with Crippen LogP contribution in [0.5, 0.6) is 0 Å². The summed E-state index contributed by atoms with van der Waals surface area (Å²) in [6.45, 7) is 5.38. The zero-order valence-corrected chi connectivity index (χ0v) is 22.2. The van der Waals surface area contributed by atoms with Crippen molar-refractivity contribution in [1.29, 1.82) is 0 Å². The Labute approximate surface area is 222 Å². The fourth-order valence-electron chi connectivity index (χ4n) is 3.31. The van der Waals surface area contributed by atoms with E-state index in [0.717, 1.165) is 0 Å². The van der Waals surface area contributed by atoms with Crippen molar-refractivity contribution in [3.8, 4) is 0 Å². The second-order valence-electron chi connectivity index (χ2n) is 9.32. The second-order valence-corrected chi connectivity index (χ2v) is 9.32. The maximum atomic E-state index is 13.0. The molecule has 5 unspecified atom stereocenters. The van der Waals surface area contributed by atoms with Crippen molar-refractivity contribution < 1.29 is 29.4 Å². The Morgan fingerprint density at radius 1 is 0.763 bits per heavy atom. The summed E-state index contributed by atoms with van der Waals surface area (Å²) < 4.78 is 0. The number of guanidine groups is 2. The fourth-order valence-corrected chi connectivity index (χ4v) is 3.31. The van der Waals surface area contributed by atoms with Crippen LogP contribution in [0.4, 0.5) is 0 Å². The molecular formula is C22H44N10O6. The number of carbonyl (C=O) groups excluding carboxylic acids is 3. The molecule has 0 aromatic heterocycles. The number of nitrogens with two attached hydrogens (primary N) is 5. The molecule has 0 aliphatic rings. The van der Waals surface area contributed by atoms with Crippen LogP contribution in [0.1, 0.15) is 52.9 Å². The van der Waals surface area contributed by atoms with Gasteiger partial charge in [0.1, 0.15) is 18.1 Å². The van der Waals surface area contributed by atoms with Crippen LogP contribution >= 0.6 is 0 Å². The number of aliphatic hydroxyl groups is 1. The Morgan fingerprint density at radius 2 is 1.26 bits per heavy atom. The van der Waals surface area contributed by atoms with Crippen LogP contribution in [-0.2, 0) is 19.2 Å². The number of carboxylic acids is 1. The predicted octanol–water partition coefficient (Wildman–Crippen LogP) is -3.61. The maximum Gasteiger partial charge on any atom is 0.326 e. The van der Waals surface area contributed by atoms with Crippen LogP contribution in [0.2, 0.25) is 0 Å². The molecule has 16 heteroatoms. The minimum Gasteiger partial charge on any atom is -0.480 e. The molecule has 0 rings (SSSR count). The van der Waals surface area contributed by atoms with Crippen molar-refractivity contribution in [2.24, 2.45) is 44.6 Å². The van der Waals surface area contributed by atoms with E-state index < -0.39 is 54.0 Å². The summed E-state index contributed by atoms with van der Waals surface area (Å²) in [5, 5.41) is 26.9. The molecule has 0 spiro atoms. The number of carboxylic acid groups (broad SMARTS) is 1. The molecule has 0 bridgehead atoms. The van der Waals surface area contributed by atoms with Gasteiger partial charge in [-0.2, -0.15) is 0 Å². The molecule has 0 saturated carbocycles. The first-order valence-corrected chi connectivity index (χ1v) is 12.3. The number of amides is 3. The van der Waals surface area contributed by atoms with Gasteiger partial charge in [0.05, 0.1) is 12.1 Å². The van der Waals surface area contributed by atoms with E-state index in [4.69, 9.17) is 28.7 Å². The van der Waals surface area contributed by atoms with Gasteiger partial charge in [-0.05, 0) is 44.9 Å². The molecule has 15 N–H and O–H groups in total. The third-order valence-corrected chi connectivity index (χ3v) is 5.27. The monoisotopic (exact) mass is 544 g/mol. The fraction of sp³-hybridized carbons (Fsp3) is 0.727. The molecule has 0 radical (unpaired) electrons. The number of rotatable bonds is 18. The zero-order chi connectivity index (χ0) is 29.4. The summed E-state index contributed by atoms with van der Waals surface area (Å²) in [6.07, 6.45) is -0.190. The van der Waals surface area contributed by atoms with Gasteiger partial charge in [-0.15, -0.1) is 0 Å². The Bertz CT molecular complexity index is 840. The van der Waals surface area contributed by atoms with E-state index in [2.05, 4.69) is 25.9 Å². The number of aliphatic imine (C=N–C) groups is 2. The van der Waals surface area contributed by atoms with E-state index in [9.17, 15) is 29.4 Å². The molecule has 0 aliphatic carbocycles. The molecule has 0 saturated heterocycles. The summed E-state index contributed by atoms with van der Waals surface area (Å²) >= 11 is 0. The van der Waals surface area contributed by atoms with E-state index in [1.54, 1.807) is 0 Å². The van der Waals surface area contributed by atoms with E-state index in [1.165, 1.54) is 6.92 Å². The Kier molecular flexibility index (Phi) is 16.0. The smallest absolute Gasteiger partial charge is 0.326 e. The summed E-state index contributed by atoms with van der Waals surface area (Å²) in [5.74, 6) is -3.78. The highest BCUT2D eigenvalue weighted by Crippen LogP contribution is 2.08. The lowest BCUT2D eigenvalue weighted by atomic mass is 10.0. The van der Waals surface area contributed by atoms with Crippen LogP contribution in [0.15, 0.2) is 9.98 Å². The Balaban J connectivity index is 5.32. The average molecular weight is 545 g/mol. The van der Waals surface area contributed by atoms with Gasteiger partial charge in [0, 0.05) is 13.1 Å². The number of aliphatic carboxylic acids is 1. The molecule has 0 aromatic rings. The predicted molar refractivity (Wildman–Crippen MR) is 142 cm³/mol. The standard InChI is InChI=1S/C22H44N10O6/c1-11(2)10-15(31-17(34)13(23)6-4-8-28-21(24)25)18(35)32-16(12(3)33)19(36)30-14(20(37)38)7-5-9-29-22(26)27/h11-16,33H,4-10,23H2,1-3H3,(H,30,36)(H,31,34)(H,32,35)(H,37,38)(H4,24,25,28)(H4,26,27,29). The van der Waals surface area contributed by atoms with Gasteiger partial charge in [-0.3, -0.25) is 24.4 Å². The van der Waals surface area contributed by atoms with Gasteiger partial charge in [0.25, 0.3) is 0 Å². The molecule has 0 aliphatic heterocycles. The number of carbonyl (C=O) groups is 4. The molecule has 0 aromatic carbocycles. The summed E-state index contributed by atoms with van der Waals surface area (Å²) in [5.41, 5.74) is 26.9. The van der Waals surface area contributed by atoms with Crippen molar-refractivity contribution in [3.63, 3.8) is 0 Å². The highest BCUT2D eigenvalue weighted by molar-refractivity contribution is 5.94. The SMILES string of the molecule is CC(C)CC(NC(=O)C(N)CCCN=C(N)N)C(=O)NC(C(=O)NC(CCCN=C(N)N)C(=O)O)C(C)O. The lowest BCUT2D eigenvalue weighted by Crippen LogP contribution is -2.60. The first-order chi connectivity index (χ1) is 17.6. The number of hydrogen-bond donors (Lipinski definition) is 10. The van der Waals surface area contributed by atoms with Gasteiger partial charge in [-0.1, -0.05) is 13.8 Å². The van der Waals surface area contributed by atoms with Crippen LogP contribution in [0.3, 0.4) is 0 Å². The van der Waals surface area contributed by atoms with Crippen molar-refractivity contribution in [2.45, 2.75) is 83.1 Å². The lowest BCUT2D eigenvalue weighted by molar-refractivity contribution is -0.143. The highest BCUT2D eigenvalue weighted by Gasteiger charge is 2.32. The van der Waals surface area contributed by atoms with Crippen molar-refractivity contribution in [2.75, 3.05) is 13.1 Å². The second kappa shape index (κ2) is 17.7. The molecule has 5 atom stereocenters. The van der Waals surface area contributed by atoms with E-state index in [0.29, 0.717) is 6.42 Å². The summed E-state index contributed by atoms with van der Waals surface area (Å²) in [7, 11) is 0. The van der Waals surface area contributed by atoms with Crippen molar-refractivity contribution in [3.05, 3.63) is 0 Å². The van der Waals surface area contributed by atoms with Gasteiger partial charge in [0.2, 0.25) is 17.7 Å². The Hall–Kier alpha value is -3.66. The normalized spacial score (nSPS) is 14.8. The summed E-state index contributed by atoms with van der Waals surface area (Å²) in [4.78, 5) is 57.6. The maximum absolute atomic E-state index is 13.0. The number of aliphatic hydroxyl groups excluding tert-OH is 1. The van der Waals surface area contributed by atoms with Gasteiger partial charge in [-0.25, -0.2) is 4.79 Å². The summed E-state index contributed by atoms with van der Waals surface area (Å²) in [6, 6.07) is -4.78. The van der Waals surface area contributed by atoms with Crippen LogP contribution in [0, 0.1) is 5.92 Å². The van der Waals surface area contributed by atoms with Gasteiger partial charge < -0.3 is 54.8 Å². The Morgan fingerprint density at radius 3 is 1.71 bits per heavy atom. The molecule has 16 nitrogen and oxygen atoms in total. The molecule has 0 fully saturated rings. The van der Waals surface area contributed by atoms with E-state index in [1.807, 2.05) is 13.8 Å². The van der Waals surface area contributed by atoms with Crippen LogP contribution < -0.4 is 44.6 Å². The first kappa shape index (κ1) is 34.3. The van der Waals surface area contributed by atoms with Gasteiger partial charge >= 0.3 is 5.97 Å². The highest BCUT2D eigenvalue weighted by atomic mass is 16.4.